The van der Waals surface area contributed by atoms with Gasteiger partial charge in [0.15, 0.2) is 11.0 Å². The zero-order chi connectivity index (χ0) is 9.26. The summed E-state index contributed by atoms with van der Waals surface area (Å²) in [5, 5.41) is 2.79. The lowest BCUT2D eigenvalue weighted by Gasteiger charge is -2.26. The number of rotatable bonds is 0. The molecule has 0 bridgehead atoms. The van der Waals surface area contributed by atoms with Crippen molar-refractivity contribution in [2.24, 2.45) is 4.99 Å². The molecule has 1 aromatic rings. The van der Waals surface area contributed by atoms with Crippen molar-refractivity contribution in [2.45, 2.75) is 0 Å². The first-order chi connectivity index (χ1) is 6.31. The summed E-state index contributed by atoms with van der Waals surface area (Å²) in [5.41, 5.74) is 4.13. The third-order valence-corrected chi connectivity index (χ3v) is 2.36. The number of nitrogens with zero attached hydrogens (tertiary/aromatic N) is 3. The summed E-state index contributed by atoms with van der Waals surface area (Å²) in [6.07, 6.45) is 3.73. The van der Waals surface area contributed by atoms with Gasteiger partial charge in [-0.25, -0.2) is 9.98 Å². The summed E-state index contributed by atoms with van der Waals surface area (Å²) >= 11 is 1.57. The maximum Gasteiger partial charge on any atom is 0.182 e. The lowest BCUT2D eigenvalue weighted by atomic mass is 10.4. The Morgan fingerprint density at radius 3 is 3.15 bits per heavy atom. The highest BCUT2D eigenvalue weighted by atomic mass is 32.2. The van der Waals surface area contributed by atoms with Crippen molar-refractivity contribution >= 4 is 28.4 Å². The molecule has 2 heterocycles. The van der Waals surface area contributed by atoms with Crippen LogP contribution in [0.3, 0.4) is 0 Å². The van der Waals surface area contributed by atoms with E-state index in [9.17, 15) is 0 Å². The second-order valence-corrected chi connectivity index (χ2v) is 3.43. The summed E-state index contributed by atoms with van der Waals surface area (Å²) in [6.45, 7) is 0. The van der Waals surface area contributed by atoms with Crippen LogP contribution in [0.2, 0.25) is 0 Å². The van der Waals surface area contributed by atoms with E-state index in [-0.39, 0.29) is 0 Å². The van der Waals surface area contributed by atoms with Gasteiger partial charge >= 0.3 is 0 Å². The Balaban J connectivity index is 2.46. The van der Waals surface area contributed by atoms with E-state index in [4.69, 9.17) is 0 Å². The van der Waals surface area contributed by atoms with E-state index < -0.39 is 0 Å². The second-order valence-electron chi connectivity index (χ2n) is 2.64. The molecule has 13 heavy (non-hydrogen) atoms. The molecule has 1 aromatic heterocycles. The number of hydrazine groups is 1. The zero-order valence-electron chi connectivity index (χ0n) is 7.48. The predicted molar refractivity (Wildman–Crippen MR) is 56.4 cm³/mol. The molecule has 0 aromatic carbocycles. The Morgan fingerprint density at radius 1 is 1.54 bits per heavy atom. The van der Waals surface area contributed by atoms with Gasteiger partial charge in [0.25, 0.3) is 0 Å². The normalized spacial score (nSPS) is 14.6. The van der Waals surface area contributed by atoms with E-state index in [0.29, 0.717) is 0 Å². The fourth-order valence-electron chi connectivity index (χ4n) is 1.15. The van der Waals surface area contributed by atoms with Crippen molar-refractivity contribution in [3.8, 4) is 0 Å². The highest BCUT2D eigenvalue weighted by molar-refractivity contribution is 8.13. The maximum absolute atomic E-state index is 4.33. The molecule has 4 nitrogen and oxygen atoms in total. The van der Waals surface area contributed by atoms with Crippen LogP contribution in [0, 0.1) is 0 Å². The van der Waals surface area contributed by atoms with E-state index in [1.165, 1.54) is 0 Å². The topological polar surface area (TPSA) is 40.5 Å². The van der Waals surface area contributed by atoms with E-state index in [0.717, 1.165) is 16.7 Å². The third kappa shape index (κ3) is 1.47. The van der Waals surface area contributed by atoms with Gasteiger partial charge in [0.05, 0.1) is 0 Å². The Labute approximate surface area is 81.0 Å². The van der Waals surface area contributed by atoms with Crippen LogP contribution < -0.4 is 10.4 Å². The number of anilines is 1. The van der Waals surface area contributed by atoms with Crippen LogP contribution >= 0.6 is 11.8 Å². The minimum Gasteiger partial charge on any atom is -0.285 e. The number of hydrogen-bond acceptors (Lipinski definition) is 5. The third-order valence-electron chi connectivity index (χ3n) is 1.79. The Kier molecular flexibility index (Phi) is 2.10. The molecule has 1 N–H and O–H groups in total. The average Bonchev–Trinajstić information content (AvgIpc) is 2.18. The highest BCUT2D eigenvalue weighted by Gasteiger charge is 2.14. The van der Waals surface area contributed by atoms with Crippen molar-refractivity contribution in [2.75, 3.05) is 18.3 Å². The van der Waals surface area contributed by atoms with Crippen molar-refractivity contribution in [3.05, 3.63) is 18.3 Å². The number of aromatic nitrogens is 1. The summed E-state index contributed by atoms with van der Waals surface area (Å²) in [6, 6.07) is 3.88. The van der Waals surface area contributed by atoms with Crippen LogP contribution in [0.1, 0.15) is 0 Å². The van der Waals surface area contributed by atoms with Crippen molar-refractivity contribution in [1.29, 1.82) is 0 Å². The minimum atomic E-state index is 0.771. The SMILES string of the molecule is CSC1=Nc2ncccc2N(C)N1. The van der Waals surface area contributed by atoms with Gasteiger partial charge in [0, 0.05) is 13.2 Å². The number of aliphatic imine (C=N–C) groups is 1. The van der Waals surface area contributed by atoms with Crippen LogP contribution in [0.4, 0.5) is 11.5 Å². The number of fused-ring (bicyclic) bond motifs is 1. The number of pyridine rings is 1. The first-order valence-electron chi connectivity index (χ1n) is 3.89. The molecule has 0 aliphatic carbocycles. The van der Waals surface area contributed by atoms with Gasteiger partial charge in [-0.3, -0.25) is 10.4 Å². The van der Waals surface area contributed by atoms with Crippen LogP contribution in [-0.4, -0.2) is 23.5 Å². The number of amidine groups is 1. The van der Waals surface area contributed by atoms with Gasteiger partial charge in [0.1, 0.15) is 5.69 Å². The summed E-state index contributed by atoms with van der Waals surface area (Å²) in [7, 11) is 1.95. The summed E-state index contributed by atoms with van der Waals surface area (Å²) < 4.78 is 0. The fourth-order valence-corrected chi connectivity index (χ4v) is 1.56. The van der Waals surface area contributed by atoms with Crippen molar-refractivity contribution in [3.63, 3.8) is 0 Å². The molecule has 0 unspecified atom stereocenters. The van der Waals surface area contributed by atoms with E-state index in [2.05, 4.69) is 15.4 Å². The van der Waals surface area contributed by atoms with Crippen LogP contribution in [0.5, 0.6) is 0 Å². The van der Waals surface area contributed by atoms with Crippen LogP contribution in [0.25, 0.3) is 0 Å². The monoisotopic (exact) mass is 194 g/mol. The molecule has 1 aliphatic heterocycles. The molecule has 68 valence electrons. The van der Waals surface area contributed by atoms with Crippen molar-refractivity contribution < 1.29 is 0 Å². The Bertz CT molecular complexity index is 350. The zero-order valence-corrected chi connectivity index (χ0v) is 8.30. The molecular weight excluding hydrogens is 184 g/mol. The number of nitrogens with one attached hydrogen (secondary N) is 1. The van der Waals surface area contributed by atoms with Crippen molar-refractivity contribution in [1.82, 2.24) is 10.4 Å². The predicted octanol–water partition coefficient (Wildman–Crippen LogP) is 1.39. The molecule has 1 aliphatic rings. The molecule has 5 heteroatoms. The highest BCUT2D eigenvalue weighted by Crippen LogP contribution is 2.27. The van der Waals surface area contributed by atoms with E-state index in [1.54, 1.807) is 18.0 Å². The molecule has 0 atom stereocenters. The second kappa shape index (κ2) is 3.26. The van der Waals surface area contributed by atoms with Crippen LogP contribution in [-0.2, 0) is 0 Å². The maximum atomic E-state index is 4.33. The molecule has 0 saturated carbocycles. The average molecular weight is 194 g/mol. The molecule has 0 radical (unpaired) electrons. The Morgan fingerprint density at radius 2 is 2.38 bits per heavy atom. The number of thioether (sulfide) groups is 1. The largest absolute Gasteiger partial charge is 0.285 e. The molecule has 0 fully saturated rings. The van der Waals surface area contributed by atoms with Gasteiger partial charge in [0.2, 0.25) is 0 Å². The van der Waals surface area contributed by atoms with Gasteiger partial charge in [-0.15, -0.1) is 0 Å². The lowest BCUT2D eigenvalue weighted by Crippen LogP contribution is -2.40. The molecule has 2 rings (SSSR count). The molecule has 0 spiro atoms. The minimum absolute atomic E-state index is 0.771. The molecule has 0 amide bonds. The first kappa shape index (κ1) is 8.37. The lowest BCUT2D eigenvalue weighted by molar-refractivity contribution is 0.869. The standard InChI is InChI=1S/C8H10N4S/c1-12-6-4-3-5-9-7(6)10-8(11-12)13-2/h3-5H,1-2H3,(H,9,10,11). The molecular formula is C8H10N4S. The van der Waals surface area contributed by atoms with E-state index in [1.807, 2.05) is 30.4 Å². The smallest absolute Gasteiger partial charge is 0.182 e. The van der Waals surface area contributed by atoms with E-state index >= 15 is 0 Å². The number of hydrogen-bond donors (Lipinski definition) is 1. The summed E-state index contributed by atoms with van der Waals surface area (Å²) in [4.78, 5) is 8.52. The quantitative estimate of drug-likeness (QED) is 0.677. The summed E-state index contributed by atoms with van der Waals surface area (Å²) in [5.74, 6) is 0.771. The van der Waals surface area contributed by atoms with Crippen LogP contribution in [0.15, 0.2) is 23.3 Å². The van der Waals surface area contributed by atoms with Gasteiger partial charge in [-0.05, 0) is 18.4 Å². The molecule has 0 saturated heterocycles. The van der Waals surface area contributed by atoms with Gasteiger partial charge in [-0.2, -0.15) is 0 Å². The fraction of sp³-hybridized carbons (Fsp3) is 0.250. The van der Waals surface area contributed by atoms with Gasteiger partial charge in [-0.1, -0.05) is 11.8 Å². The first-order valence-corrected chi connectivity index (χ1v) is 5.12. The van der Waals surface area contributed by atoms with Gasteiger partial charge < -0.3 is 0 Å². The Hall–Kier alpha value is -1.23.